The standard InChI is InChI=1S/C15H24N2O/c1-15(2)9-10-16-13(8-11-18)12-17(15)14-6-4-3-5-7-14/h3-7,13,16,18H,8-12H2,1-2H3. The van der Waals surface area contributed by atoms with Crippen LogP contribution in [0.5, 0.6) is 0 Å². The molecule has 1 aliphatic rings. The second kappa shape index (κ2) is 5.72. The van der Waals surface area contributed by atoms with Crippen LogP contribution in [0.4, 0.5) is 5.69 Å². The lowest BCUT2D eigenvalue weighted by molar-refractivity contribution is 0.267. The number of nitrogens with one attached hydrogen (secondary N) is 1. The molecule has 3 nitrogen and oxygen atoms in total. The minimum atomic E-state index is 0.151. The van der Waals surface area contributed by atoms with Crippen molar-refractivity contribution >= 4 is 5.69 Å². The van der Waals surface area contributed by atoms with Gasteiger partial charge in [0.15, 0.2) is 0 Å². The Morgan fingerprint density at radius 3 is 2.72 bits per heavy atom. The van der Waals surface area contributed by atoms with E-state index in [4.69, 9.17) is 5.11 Å². The molecule has 0 radical (unpaired) electrons. The number of anilines is 1. The van der Waals surface area contributed by atoms with E-state index in [1.165, 1.54) is 5.69 Å². The minimum Gasteiger partial charge on any atom is -0.396 e. The highest BCUT2D eigenvalue weighted by Crippen LogP contribution is 2.28. The van der Waals surface area contributed by atoms with Crippen molar-refractivity contribution in [1.29, 1.82) is 0 Å². The summed E-state index contributed by atoms with van der Waals surface area (Å²) in [5.41, 5.74) is 1.42. The maximum Gasteiger partial charge on any atom is 0.0446 e. The first kappa shape index (κ1) is 13.4. The van der Waals surface area contributed by atoms with Crippen LogP contribution in [0, 0.1) is 0 Å². The lowest BCUT2D eigenvalue weighted by Crippen LogP contribution is -2.47. The molecule has 1 aromatic carbocycles. The Hall–Kier alpha value is -1.06. The van der Waals surface area contributed by atoms with E-state index >= 15 is 0 Å². The molecule has 100 valence electrons. The van der Waals surface area contributed by atoms with E-state index in [2.05, 4.69) is 54.4 Å². The maximum atomic E-state index is 9.14. The molecule has 1 fully saturated rings. The van der Waals surface area contributed by atoms with Gasteiger partial charge < -0.3 is 15.3 Å². The number of rotatable bonds is 3. The van der Waals surface area contributed by atoms with Crippen molar-refractivity contribution in [3.8, 4) is 0 Å². The van der Waals surface area contributed by atoms with Crippen LogP contribution in [0.2, 0.25) is 0 Å². The topological polar surface area (TPSA) is 35.5 Å². The van der Waals surface area contributed by atoms with E-state index < -0.39 is 0 Å². The third-order valence-corrected chi connectivity index (χ3v) is 3.85. The molecule has 1 heterocycles. The van der Waals surface area contributed by atoms with E-state index in [1.807, 2.05) is 0 Å². The molecule has 3 heteroatoms. The van der Waals surface area contributed by atoms with Gasteiger partial charge in [-0.15, -0.1) is 0 Å². The van der Waals surface area contributed by atoms with Crippen LogP contribution in [0.3, 0.4) is 0 Å². The number of hydrogen-bond donors (Lipinski definition) is 2. The highest BCUT2D eigenvalue weighted by atomic mass is 16.3. The van der Waals surface area contributed by atoms with Crippen LogP contribution in [0.25, 0.3) is 0 Å². The molecule has 0 aromatic heterocycles. The van der Waals surface area contributed by atoms with E-state index in [0.717, 1.165) is 25.9 Å². The summed E-state index contributed by atoms with van der Waals surface area (Å²) in [6.45, 7) is 6.81. The molecule has 0 bridgehead atoms. The van der Waals surface area contributed by atoms with Gasteiger partial charge in [-0.3, -0.25) is 0 Å². The zero-order valence-corrected chi connectivity index (χ0v) is 11.4. The van der Waals surface area contributed by atoms with Crippen LogP contribution in [-0.2, 0) is 0 Å². The molecule has 1 atom stereocenters. The Morgan fingerprint density at radius 1 is 1.33 bits per heavy atom. The molecule has 1 aromatic rings. The summed E-state index contributed by atoms with van der Waals surface area (Å²) in [7, 11) is 0. The SMILES string of the molecule is CC1(C)CCNC(CCO)CN1c1ccccc1. The molecule has 2 N–H and O–H groups in total. The van der Waals surface area contributed by atoms with Gasteiger partial charge in [-0.1, -0.05) is 18.2 Å². The number of hydrogen-bond acceptors (Lipinski definition) is 3. The first-order chi connectivity index (χ1) is 8.63. The van der Waals surface area contributed by atoms with Gasteiger partial charge in [-0.05, 0) is 45.4 Å². The molecule has 18 heavy (non-hydrogen) atoms. The summed E-state index contributed by atoms with van der Waals surface area (Å²) in [4.78, 5) is 2.47. The van der Waals surface area contributed by atoms with Gasteiger partial charge in [0.1, 0.15) is 0 Å². The van der Waals surface area contributed by atoms with E-state index in [9.17, 15) is 0 Å². The third-order valence-electron chi connectivity index (χ3n) is 3.85. The fourth-order valence-electron chi connectivity index (χ4n) is 2.66. The lowest BCUT2D eigenvalue weighted by Gasteiger charge is -2.40. The quantitative estimate of drug-likeness (QED) is 0.859. The number of nitrogens with zero attached hydrogens (tertiary/aromatic N) is 1. The Labute approximate surface area is 110 Å². The van der Waals surface area contributed by atoms with E-state index in [0.29, 0.717) is 6.04 Å². The van der Waals surface area contributed by atoms with Crippen molar-refractivity contribution in [3.63, 3.8) is 0 Å². The second-order valence-corrected chi connectivity index (χ2v) is 5.67. The molecular formula is C15H24N2O. The van der Waals surface area contributed by atoms with Crippen molar-refractivity contribution in [3.05, 3.63) is 30.3 Å². The molecule has 1 aliphatic heterocycles. The molecule has 1 saturated heterocycles. The van der Waals surface area contributed by atoms with Gasteiger partial charge in [0, 0.05) is 30.4 Å². The summed E-state index contributed by atoms with van der Waals surface area (Å²) < 4.78 is 0. The minimum absolute atomic E-state index is 0.151. The Morgan fingerprint density at radius 2 is 2.06 bits per heavy atom. The first-order valence-electron chi connectivity index (χ1n) is 6.80. The van der Waals surface area contributed by atoms with Crippen molar-refractivity contribution < 1.29 is 5.11 Å². The van der Waals surface area contributed by atoms with Gasteiger partial charge in [0.05, 0.1) is 0 Å². The smallest absolute Gasteiger partial charge is 0.0446 e. The summed E-state index contributed by atoms with van der Waals surface area (Å²) in [6.07, 6.45) is 1.93. The van der Waals surface area contributed by atoms with Gasteiger partial charge in [0.25, 0.3) is 0 Å². The summed E-state index contributed by atoms with van der Waals surface area (Å²) in [5.74, 6) is 0. The molecule has 0 amide bonds. The molecule has 0 spiro atoms. The Balaban J connectivity index is 2.21. The zero-order chi connectivity index (χ0) is 13.0. The highest BCUT2D eigenvalue weighted by molar-refractivity contribution is 5.49. The van der Waals surface area contributed by atoms with E-state index in [1.54, 1.807) is 0 Å². The maximum absolute atomic E-state index is 9.14. The van der Waals surface area contributed by atoms with Crippen molar-refractivity contribution in [1.82, 2.24) is 5.32 Å². The average Bonchev–Trinajstić information content (AvgIpc) is 2.50. The van der Waals surface area contributed by atoms with Gasteiger partial charge in [-0.2, -0.15) is 0 Å². The summed E-state index contributed by atoms with van der Waals surface area (Å²) >= 11 is 0. The molecule has 0 aliphatic carbocycles. The van der Waals surface area contributed by atoms with Gasteiger partial charge >= 0.3 is 0 Å². The largest absolute Gasteiger partial charge is 0.396 e. The fraction of sp³-hybridized carbons (Fsp3) is 0.600. The van der Waals surface area contributed by atoms with Crippen molar-refractivity contribution in [2.24, 2.45) is 0 Å². The van der Waals surface area contributed by atoms with Crippen LogP contribution in [-0.4, -0.2) is 36.4 Å². The second-order valence-electron chi connectivity index (χ2n) is 5.67. The predicted octanol–water partition coefficient (Wildman–Crippen LogP) is 2.02. The van der Waals surface area contributed by atoms with Crippen molar-refractivity contribution in [2.45, 2.75) is 38.3 Å². The average molecular weight is 248 g/mol. The van der Waals surface area contributed by atoms with Crippen LogP contribution in [0.15, 0.2) is 30.3 Å². The lowest BCUT2D eigenvalue weighted by atomic mass is 9.97. The molecule has 1 unspecified atom stereocenters. The molecule has 0 saturated carbocycles. The Bertz CT molecular complexity index is 364. The number of aliphatic hydroxyl groups excluding tert-OH is 1. The van der Waals surface area contributed by atoms with Crippen LogP contribution < -0.4 is 10.2 Å². The van der Waals surface area contributed by atoms with E-state index in [-0.39, 0.29) is 12.1 Å². The number of benzene rings is 1. The highest BCUT2D eigenvalue weighted by Gasteiger charge is 2.31. The fourth-order valence-corrected chi connectivity index (χ4v) is 2.66. The number of para-hydroxylation sites is 1. The van der Waals surface area contributed by atoms with Gasteiger partial charge in [-0.25, -0.2) is 0 Å². The monoisotopic (exact) mass is 248 g/mol. The zero-order valence-electron chi connectivity index (χ0n) is 11.4. The number of aliphatic hydroxyl groups is 1. The molecule has 2 rings (SSSR count). The third kappa shape index (κ3) is 3.03. The van der Waals surface area contributed by atoms with Gasteiger partial charge in [0.2, 0.25) is 0 Å². The first-order valence-corrected chi connectivity index (χ1v) is 6.80. The summed E-state index contributed by atoms with van der Waals surface area (Å²) in [6, 6.07) is 10.9. The van der Waals surface area contributed by atoms with Crippen LogP contribution >= 0.6 is 0 Å². The molecular weight excluding hydrogens is 224 g/mol. The van der Waals surface area contributed by atoms with Crippen LogP contribution in [0.1, 0.15) is 26.7 Å². The summed E-state index contributed by atoms with van der Waals surface area (Å²) in [5, 5.41) is 12.7. The normalized spacial score (nSPS) is 23.7. The predicted molar refractivity (Wildman–Crippen MR) is 76.0 cm³/mol. The Kier molecular flexibility index (Phi) is 4.25. The van der Waals surface area contributed by atoms with Crippen molar-refractivity contribution in [2.75, 3.05) is 24.6 Å².